The summed E-state index contributed by atoms with van der Waals surface area (Å²) in [5, 5.41) is 5.81. The summed E-state index contributed by atoms with van der Waals surface area (Å²) in [6.07, 6.45) is 0. The molecule has 4 aromatic carbocycles. The highest BCUT2D eigenvalue weighted by atomic mass is 32.2. The molecule has 266 valence electrons. The fraction of sp³-hybridized carbons (Fsp3) is 0.154. The molecule has 0 saturated heterocycles. The molecule has 13 heteroatoms. The Kier molecular flexibility index (Phi) is 10.3. The third-order valence-electron chi connectivity index (χ3n) is 8.34. The van der Waals surface area contributed by atoms with Crippen molar-refractivity contribution in [1.82, 2.24) is 15.6 Å². The van der Waals surface area contributed by atoms with Crippen molar-refractivity contribution in [1.29, 1.82) is 0 Å². The largest absolute Gasteiger partial charge is 0.486 e. The number of carbonyl (C=O) groups is 2. The molecule has 0 spiro atoms. The summed E-state index contributed by atoms with van der Waals surface area (Å²) in [6, 6.07) is 26.0. The van der Waals surface area contributed by atoms with Gasteiger partial charge in [0, 0.05) is 29.6 Å². The first-order valence-corrected chi connectivity index (χ1v) is 17.9. The van der Waals surface area contributed by atoms with Crippen LogP contribution in [0.15, 0.2) is 108 Å². The quantitative estimate of drug-likeness (QED) is 0.118. The SMILES string of the molecule is CCS(=O)(=O)Nc1cc2oc(-c3ccc(F)cc3)c(C(=O)NC)c2cc1-c1ccc(OCc2ccccc2)c(C(=O)NC(C)c2ccc(F)cc2)n1. The summed E-state index contributed by atoms with van der Waals surface area (Å²) in [4.78, 5) is 31.9. The molecular weight excluding hydrogens is 691 g/mol. The van der Waals surface area contributed by atoms with Crippen LogP contribution in [0.5, 0.6) is 5.75 Å². The van der Waals surface area contributed by atoms with Gasteiger partial charge in [-0.05, 0) is 79.6 Å². The summed E-state index contributed by atoms with van der Waals surface area (Å²) in [5.74, 6) is -1.95. The monoisotopic (exact) mass is 724 g/mol. The lowest BCUT2D eigenvalue weighted by Crippen LogP contribution is -2.28. The number of amides is 2. The van der Waals surface area contributed by atoms with Crippen LogP contribution in [0, 0.1) is 11.6 Å². The first-order valence-electron chi connectivity index (χ1n) is 16.3. The van der Waals surface area contributed by atoms with Crippen LogP contribution in [-0.4, -0.2) is 38.0 Å². The van der Waals surface area contributed by atoms with E-state index in [-0.39, 0.29) is 57.7 Å². The predicted octanol–water partition coefficient (Wildman–Crippen LogP) is 7.63. The molecular formula is C39H34F2N4O6S. The van der Waals surface area contributed by atoms with Gasteiger partial charge < -0.3 is 19.8 Å². The number of ether oxygens (including phenoxy) is 1. The molecule has 2 amide bonds. The van der Waals surface area contributed by atoms with E-state index in [2.05, 4.69) is 15.4 Å². The molecule has 0 bridgehead atoms. The molecule has 0 saturated carbocycles. The van der Waals surface area contributed by atoms with Crippen molar-refractivity contribution >= 4 is 38.5 Å². The Bertz CT molecular complexity index is 2370. The third-order valence-corrected chi connectivity index (χ3v) is 9.63. The van der Waals surface area contributed by atoms with Crippen molar-refractivity contribution in [2.24, 2.45) is 0 Å². The van der Waals surface area contributed by atoms with Crippen LogP contribution in [0.3, 0.4) is 0 Å². The predicted molar refractivity (Wildman–Crippen MR) is 194 cm³/mol. The highest BCUT2D eigenvalue weighted by molar-refractivity contribution is 7.92. The van der Waals surface area contributed by atoms with Gasteiger partial charge in [0.2, 0.25) is 10.0 Å². The van der Waals surface area contributed by atoms with Crippen LogP contribution in [0.2, 0.25) is 0 Å². The number of sulfonamides is 1. The van der Waals surface area contributed by atoms with E-state index in [0.29, 0.717) is 16.5 Å². The number of carbonyl (C=O) groups excluding carboxylic acids is 2. The molecule has 2 heterocycles. The van der Waals surface area contributed by atoms with Crippen LogP contribution < -0.4 is 20.1 Å². The summed E-state index contributed by atoms with van der Waals surface area (Å²) in [6.45, 7) is 3.34. The van der Waals surface area contributed by atoms with E-state index in [1.54, 1.807) is 37.3 Å². The van der Waals surface area contributed by atoms with Gasteiger partial charge in [-0.1, -0.05) is 42.5 Å². The maximum Gasteiger partial charge on any atom is 0.274 e. The van der Waals surface area contributed by atoms with Gasteiger partial charge in [0.25, 0.3) is 11.8 Å². The number of rotatable bonds is 12. The first kappa shape index (κ1) is 35.7. The second kappa shape index (κ2) is 15.0. The fourth-order valence-electron chi connectivity index (χ4n) is 5.54. The van der Waals surface area contributed by atoms with E-state index in [0.717, 1.165) is 5.56 Å². The molecule has 0 aliphatic carbocycles. The van der Waals surface area contributed by atoms with Crippen molar-refractivity contribution in [3.05, 3.63) is 137 Å². The topological polar surface area (TPSA) is 140 Å². The number of hydrogen-bond donors (Lipinski definition) is 3. The fourth-order valence-corrected chi connectivity index (χ4v) is 6.19. The van der Waals surface area contributed by atoms with Gasteiger partial charge in [0.1, 0.15) is 29.6 Å². The zero-order valence-electron chi connectivity index (χ0n) is 28.4. The van der Waals surface area contributed by atoms with E-state index in [1.807, 2.05) is 30.3 Å². The van der Waals surface area contributed by atoms with Crippen LogP contribution in [0.4, 0.5) is 14.5 Å². The van der Waals surface area contributed by atoms with E-state index >= 15 is 0 Å². The van der Waals surface area contributed by atoms with Crippen molar-refractivity contribution < 1.29 is 35.9 Å². The molecule has 0 fully saturated rings. The Labute approximate surface area is 298 Å². The van der Waals surface area contributed by atoms with Crippen LogP contribution in [0.25, 0.3) is 33.6 Å². The summed E-state index contributed by atoms with van der Waals surface area (Å²) in [7, 11) is -2.40. The lowest BCUT2D eigenvalue weighted by Gasteiger charge is -2.18. The van der Waals surface area contributed by atoms with Gasteiger partial charge in [0.15, 0.2) is 11.4 Å². The first-order chi connectivity index (χ1) is 25.0. The average molecular weight is 725 g/mol. The number of pyridine rings is 1. The number of halogens is 2. The van der Waals surface area contributed by atoms with Gasteiger partial charge in [-0.25, -0.2) is 22.2 Å². The van der Waals surface area contributed by atoms with Crippen LogP contribution in [-0.2, 0) is 16.6 Å². The molecule has 6 aromatic rings. The lowest BCUT2D eigenvalue weighted by molar-refractivity contribution is 0.0928. The average Bonchev–Trinajstić information content (AvgIpc) is 3.52. The molecule has 0 aliphatic heterocycles. The minimum Gasteiger partial charge on any atom is -0.486 e. The molecule has 10 nitrogen and oxygen atoms in total. The van der Waals surface area contributed by atoms with E-state index in [1.165, 1.54) is 56.4 Å². The Morgan fingerprint density at radius 1 is 0.885 bits per heavy atom. The Morgan fingerprint density at radius 3 is 2.21 bits per heavy atom. The number of hydrogen-bond acceptors (Lipinski definition) is 7. The lowest BCUT2D eigenvalue weighted by atomic mass is 10.0. The molecule has 1 atom stereocenters. The van der Waals surface area contributed by atoms with Crippen molar-refractivity contribution in [3.8, 4) is 28.3 Å². The molecule has 1 unspecified atom stereocenters. The molecule has 0 radical (unpaired) electrons. The molecule has 2 aromatic heterocycles. The van der Waals surface area contributed by atoms with Crippen molar-refractivity contribution in [3.63, 3.8) is 0 Å². The Morgan fingerprint density at radius 2 is 1.56 bits per heavy atom. The van der Waals surface area contributed by atoms with E-state index in [4.69, 9.17) is 14.1 Å². The van der Waals surface area contributed by atoms with Crippen molar-refractivity contribution in [2.45, 2.75) is 26.5 Å². The van der Waals surface area contributed by atoms with Crippen LogP contribution >= 0.6 is 0 Å². The minimum absolute atomic E-state index is 0.0775. The zero-order chi connectivity index (χ0) is 37.0. The Balaban J connectivity index is 1.51. The third kappa shape index (κ3) is 7.79. The van der Waals surface area contributed by atoms with Gasteiger partial charge in [-0.2, -0.15) is 0 Å². The van der Waals surface area contributed by atoms with E-state index < -0.39 is 39.5 Å². The molecule has 3 N–H and O–H groups in total. The summed E-state index contributed by atoms with van der Waals surface area (Å²) >= 11 is 0. The number of benzene rings is 4. The number of nitrogens with one attached hydrogen (secondary N) is 3. The van der Waals surface area contributed by atoms with Gasteiger partial charge in [-0.15, -0.1) is 0 Å². The molecule has 0 aliphatic rings. The van der Waals surface area contributed by atoms with Crippen LogP contribution in [0.1, 0.15) is 51.9 Å². The second-order valence-corrected chi connectivity index (χ2v) is 13.9. The molecule has 6 rings (SSSR count). The smallest absolute Gasteiger partial charge is 0.274 e. The highest BCUT2D eigenvalue weighted by Gasteiger charge is 2.26. The summed E-state index contributed by atoms with van der Waals surface area (Å²) in [5.41, 5.74) is 2.60. The number of furan rings is 1. The Hall–Kier alpha value is -6.08. The standard InChI is InChI=1S/C39H34F2N4O6S/c1-4-52(48,49)45-32-21-34-30(35(38(46)42-3)37(51-34)26-12-16-28(41)17-13-26)20-29(32)31-18-19-33(50-22-24-8-6-5-7-9-24)36(44-31)39(47)43-23(2)25-10-14-27(40)15-11-25/h5-21,23,45H,4,22H2,1-3H3,(H,42,46)(H,43,47). The normalized spacial score (nSPS) is 11.9. The second-order valence-electron chi connectivity index (χ2n) is 11.9. The zero-order valence-corrected chi connectivity index (χ0v) is 29.2. The van der Waals surface area contributed by atoms with Gasteiger partial charge in [0.05, 0.1) is 28.7 Å². The summed E-state index contributed by atoms with van der Waals surface area (Å²) < 4.78 is 68.1. The van der Waals surface area contributed by atoms with E-state index in [9.17, 15) is 26.8 Å². The van der Waals surface area contributed by atoms with Gasteiger partial charge >= 0.3 is 0 Å². The number of anilines is 1. The van der Waals surface area contributed by atoms with Crippen molar-refractivity contribution in [2.75, 3.05) is 17.5 Å². The maximum absolute atomic E-state index is 13.9. The minimum atomic E-state index is -3.85. The number of aromatic nitrogens is 1. The van der Waals surface area contributed by atoms with Gasteiger partial charge in [-0.3, -0.25) is 14.3 Å². The number of nitrogens with zero attached hydrogens (tertiary/aromatic N) is 1. The maximum atomic E-state index is 13.9. The molecule has 52 heavy (non-hydrogen) atoms. The highest BCUT2D eigenvalue weighted by Crippen LogP contribution is 2.40. The number of fused-ring (bicyclic) bond motifs is 1.